The Morgan fingerprint density at radius 2 is 2.15 bits per heavy atom. The van der Waals surface area contributed by atoms with E-state index < -0.39 is 0 Å². The third-order valence-electron chi connectivity index (χ3n) is 2.78. The molecule has 2 aliphatic heterocycles. The standard InChI is InChI=1S/C9H18N2O2/c12-9-5-8(10-6-9)7-11-1-3-13-4-2-11/h8-10,12H,1-7H2. The molecule has 2 fully saturated rings. The summed E-state index contributed by atoms with van der Waals surface area (Å²) in [5.74, 6) is 0. The van der Waals surface area contributed by atoms with E-state index in [0.717, 1.165) is 45.8 Å². The van der Waals surface area contributed by atoms with Gasteiger partial charge in [-0.1, -0.05) is 0 Å². The highest BCUT2D eigenvalue weighted by Crippen LogP contribution is 2.08. The lowest BCUT2D eigenvalue weighted by atomic mass is 10.2. The van der Waals surface area contributed by atoms with Gasteiger partial charge < -0.3 is 15.2 Å². The van der Waals surface area contributed by atoms with Gasteiger partial charge >= 0.3 is 0 Å². The van der Waals surface area contributed by atoms with Crippen LogP contribution in [0.15, 0.2) is 0 Å². The Hall–Kier alpha value is -0.160. The average molecular weight is 186 g/mol. The maximum absolute atomic E-state index is 9.32. The smallest absolute Gasteiger partial charge is 0.0680 e. The van der Waals surface area contributed by atoms with Crippen LogP contribution in [0, 0.1) is 0 Å². The number of ether oxygens (including phenoxy) is 1. The highest BCUT2D eigenvalue weighted by atomic mass is 16.5. The molecule has 4 nitrogen and oxygen atoms in total. The van der Waals surface area contributed by atoms with Crippen LogP contribution in [0.5, 0.6) is 0 Å². The van der Waals surface area contributed by atoms with Crippen LogP contribution in [-0.2, 0) is 4.74 Å². The van der Waals surface area contributed by atoms with Crippen LogP contribution in [0.4, 0.5) is 0 Å². The van der Waals surface area contributed by atoms with Crippen LogP contribution in [0.25, 0.3) is 0 Å². The maximum Gasteiger partial charge on any atom is 0.0680 e. The number of hydrogen-bond donors (Lipinski definition) is 2. The predicted octanol–water partition coefficient (Wildman–Crippen LogP) is -0.959. The number of aliphatic hydroxyl groups is 1. The van der Waals surface area contributed by atoms with Crippen molar-refractivity contribution in [3.63, 3.8) is 0 Å². The quantitative estimate of drug-likeness (QED) is 0.583. The number of nitrogens with zero attached hydrogens (tertiary/aromatic N) is 1. The van der Waals surface area contributed by atoms with Crippen LogP contribution in [0.2, 0.25) is 0 Å². The van der Waals surface area contributed by atoms with Crippen LogP contribution < -0.4 is 5.32 Å². The van der Waals surface area contributed by atoms with Gasteiger partial charge in [-0.15, -0.1) is 0 Å². The van der Waals surface area contributed by atoms with Gasteiger partial charge in [-0.2, -0.15) is 0 Å². The van der Waals surface area contributed by atoms with Crippen LogP contribution >= 0.6 is 0 Å². The van der Waals surface area contributed by atoms with E-state index >= 15 is 0 Å². The first-order valence-corrected chi connectivity index (χ1v) is 5.06. The fourth-order valence-corrected chi connectivity index (χ4v) is 2.03. The third-order valence-corrected chi connectivity index (χ3v) is 2.78. The van der Waals surface area contributed by atoms with Crippen molar-refractivity contribution in [1.82, 2.24) is 10.2 Å². The normalized spacial score (nSPS) is 36.7. The molecule has 0 aromatic rings. The Bertz CT molecular complexity index is 157. The first-order chi connectivity index (χ1) is 6.34. The van der Waals surface area contributed by atoms with Gasteiger partial charge in [0.15, 0.2) is 0 Å². The summed E-state index contributed by atoms with van der Waals surface area (Å²) in [5.41, 5.74) is 0. The molecule has 2 unspecified atom stereocenters. The van der Waals surface area contributed by atoms with Gasteiger partial charge in [0.2, 0.25) is 0 Å². The van der Waals surface area contributed by atoms with Gasteiger partial charge in [-0.25, -0.2) is 0 Å². The first kappa shape index (κ1) is 9.40. The molecule has 2 rings (SSSR count). The summed E-state index contributed by atoms with van der Waals surface area (Å²) < 4.78 is 5.27. The summed E-state index contributed by atoms with van der Waals surface area (Å²) in [6.07, 6.45) is 0.767. The molecule has 0 amide bonds. The Morgan fingerprint density at radius 1 is 1.38 bits per heavy atom. The summed E-state index contributed by atoms with van der Waals surface area (Å²) in [6.45, 7) is 5.60. The molecule has 13 heavy (non-hydrogen) atoms. The van der Waals surface area contributed by atoms with Crippen molar-refractivity contribution in [2.75, 3.05) is 39.4 Å². The van der Waals surface area contributed by atoms with Crippen molar-refractivity contribution >= 4 is 0 Å². The molecule has 0 saturated carbocycles. The van der Waals surface area contributed by atoms with Crippen molar-refractivity contribution in [2.45, 2.75) is 18.6 Å². The predicted molar refractivity (Wildman–Crippen MR) is 49.7 cm³/mol. The number of hydrogen-bond acceptors (Lipinski definition) is 4. The maximum atomic E-state index is 9.32. The summed E-state index contributed by atoms with van der Waals surface area (Å²) in [4.78, 5) is 2.40. The largest absolute Gasteiger partial charge is 0.392 e. The zero-order valence-corrected chi connectivity index (χ0v) is 7.91. The van der Waals surface area contributed by atoms with E-state index in [9.17, 15) is 5.11 Å². The molecule has 0 radical (unpaired) electrons. The van der Waals surface area contributed by atoms with E-state index in [1.807, 2.05) is 0 Å². The zero-order chi connectivity index (χ0) is 9.10. The van der Waals surface area contributed by atoms with E-state index in [4.69, 9.17) is 4.74 Å². The lowest BCUT2D eigenvalue weighted by molar-refractivity contribution is 0.0339. The summed E-state index contributed by atoms with van der Waals surface area (Å²) in [6, 6.07) is 0.480. The summed E-state index contributed by atoms with van der Waals surface area (Å²) >= 11 is 0. The number of aliphatic hydroxyl groups excluding tert-OH is 1. The number of β-amino-alcohol motifs (C(OH)–C–C–N with tert-alkyl or cyclic N) is 1. The van der Waals surface area contributed by atoms with Gasteiger partial charge in [0, 0.05) is 32.2 Å². The lowest BCUT2D eigenvalue weighted by Gasteiger charge is -2.28. The fourth-order valence-electron chi connectivity index (χ4n) is 2.03. The van der Waals surface area contributed by atoms with E-state index in [2.05, 4.69) is 10.2 Å². The van der Waals surface area contributed by atoms with Crippen LogP contribution in [0.1, 0.15) is 6.42 Å². The summed E-state index contributed by atoms with van der Waals surface area (Å²) in [5, 5.41) is 12.6. The molecule has 0 aromatic carbocycles. The molecule has 0 aromatic heterocycles. The topological polar surface area (TPSA) is 44.7 Å². The molecule has 0 aliphatic carbocycles. The van der Waals surface area contributed by atoms with Crippen molar-refractivity contribution < 1.29 is 9.84 Å². The Balaban J connectivity index is 1.71. The monoisotopic (exact) mass is 186 g/mol. The van der Waals surface area contributed by atoms with Gasteiger partial charge in [-0.05, 0) is 6.42 Å². The second-order valence-corrected chi connectivity index (χ2v) is 3.91. The molecule has 0 spiro atoms. The van der Waals surface area contributed by atoms with Crippen LogP contribution in [-0.4, -0.2) is 61.5 Å². The molecule has 2 N–H and O–H groups in total. The first-order valence-electron chi connectivity index (χ1n) is 5.06. The number of morpholine rings is 1. The van der Waals surface area contributed by atoms with Crippen LogP contribution in [0.3, 0.4) is 0 Å². The molecule has 4 heteroatoms. The Labute approximate surface area is 78.9 Å². The SMILES string of the molecule is OC1CNC(CN2CCOCC2)C1. The molecule has 2 saturated heterocycles. The highest BCUT2D eigenvalue weighted by Gasteiger charge is 2.24. The third kappa shape index (κ3) is 2.64. The summed E-state index contributed by atoms with van der Waals surface area (Å²) in [7, 11) is 0. The average Bonchev–Trinajstić information content (AvgIpc) is 2.53. The van der Waals surface area contributed by atoms with Gasteiger partial charge in [0.25, 0.3) is 0 Å². The minimum absolute atomic E-state index is 0.133. The number of rotatable bonds is 2. The Morgan fingerprint density at radius 3 is 2.77 bits per heavy atom. The van der Waals surface area contributed by atoms with Gasteiger partial charge in [-0.3, -0.25) is 4.90 Å². The second-order valence-electron chi connectivity index (χ2n) is 3.91. The molecule has 2 heterocycles. The van der Waals surface area contributed by atoms with Crippen molar-refractivity contribution in [3.8, 4) is 0 Å². The molecular weight excluding hydrogens is 168 g/mol. The van der Waals surface area contributed by atoms with Gasteiger partial charge in [0.05, 0.1) is 19.3 Å². The minimum atomic E-state index is -0.133. The number of nitrogens with one attached hydrogen (secondary N) is 1. The van der Waals surface area contributed by atoms with E-state index in [1.165, 1.54) is 0 Å². The van der Waals surface area contributed by atoms with Crippen molar-refractivity contribution in [1.29, 1.82) is 0 Å². The lowest BCUT2D eigenvalue weighted by Crippen LogP contribution is -2.43. The molecule has 2 atom stereocenters. The van der Waals surface area contributed by atoms with Gasteiger partial charge in [0.1, 0.15) is 0 Å². The molecule has 0 bridgehead atoms. The van der Waals surface area contributed by atoms with E-state index in [0.29, 0.717) is 6.04 Å². The Kier molecular flexibility index (Phi) is 3.16. The van der Waals surface area contributed by atoms with E-state index in [-0.39, 0.29) is 6.10 Å². The van der Waals surface area contributed by atoms with Crippen molar-refractivity contribution in [3.05, 3.63) is 0 Å². The minimum Gasteiger partial charge on any atom is -0.392 e. The van der Waals surface area contributed by atoms with Crippen molar-refractivity contribution in [2.24, 2.45) is 0 Å². The molecular formula is C9H18N2O2. The second kappa shape index (κ2) is 4.37. The van der Waals surface area contributed by atoms with E-state index in [1.54, 1.807) is 0 Å². The highest BCUT2D eigenvalue weighted by molar-refractivity contribution is 4.83. The zero-order valence-electron chi connectivity index (χ0n) is 7.91. The molecule has 2 aliphatic rings. The fraction of sp³-hybridized carbons (Fsp3) is 1.00. The molecule has 76 valence electrons.